The van der Waals surface area contributed by atoms with Crippen molar-refractivity contribution in [1.29, 1.82) is 5.26 Å². The van der Waals surface area contributed by atoms with Crippen molar-refractivity contribution in [2.75, 3.05) is 7.05 Å². The number of nitrogens with one attached hydrogen (secondary N) is 1. The molecule has 0 saturated carbocycles. The maximum Gasteiger partial charge on any atom is 0.147 e. The Hall–Kier alpha value is -1.90. The number of hydrogen-bond acceptors (Lipinski definition) is 4. The van der Waals surface area contributed by atoms with E-state index in [2.05, 4.69) is 32.3 Å². The van der Waals surface area contributed by atoms with Crippen LogP contribution in [0, 0.1) is 11.3 Å². The summed E-state index contributed by atoms with van der Waals surface area (Å²) in [6, 6.07) is 11.5. The van der Waals surface area contributed by atoms with Gasteiger partial charge in [-0.25, -0.2) is 4.98 Å². The van der Waals surface area contributed by atoms with E-state index in [1.165, 1.54) is 0 Å². The van der Waals surface area contributed by atoms with E-state index in [-0.39, 0.29) is 0 Å². The van der Waals surface area contributed by atoms with Gasteiger partial charge in [0.05, 0.1) is 0 Å². The number of hydrogen-bond donors (Lipinski definition) is 1. The lowest BCUT2D eigenvalue weighted by Gasteiger charge is -2.10. The minimum absolute atomic E-state index is 0.331. The number of benzene rings is 1. The maximum atomic E-state index is 8.98. The van der Waals surface area contributed by atoms with E-state index >= 15 is 0 Å². The van der Waals surface area contributed by atoms with Crippen LogP contribution in [0.5, 0.6) is 5.75 Å². The standard InChI is InChI=1S/C15H14BrN3O/c1-18-9-12-7-13(4-5-14(12)16)20-10-11-3-2-6-19-15(11)8-17/h2-7,18H,9-10H2,1H3. The molecule has 2 aromatic rings. The molecule has 0 fully saturated rings. The quantitative estimate of drug-likeness (QED) is 0.914. The predicted molar refractivity (Wildman–Crippen MR) is 80.2 cm³/mol. The molecule has 0 amide bonds. The molecule has 0 aliphatic heterocycles. The van der Waals surface area contributed by atoms with E-state index in [1.807, 2.05) is 31.3 Å². The first-order chi connectivity index (χ1) is 9.74. The van der Waals surface area contributed by atoms with E-state index in [0.29, 0.717) is 12.3 Å². The smallest absolute Gasteiger partial charge is 0.147 e. The lowest BCUT2D eigenvalue weighted by Crippen LogP contribution is -2.06. The average molecular weight is 332 g/mol. The first-order valence-electron chi connectivity index (χ1n) is 6.14. The molecule has 1 N–H and O–H groups in total. The molecule has 0 saturated heterocycles. The van der Waals surface area contributed by atoms with Crippen LogP contribution in [0.1, 0.15) is 16.8 Å². The van der Waals surface area contributed by atoms with Gasteiger partial charge in [0, 0.05) is 22.8 Å². The fourth-order valence-corrected chi connectivity index (χ4v) is 2.17. The van der Waals surface area contributed by atoms with Crippen LogP contribution in [0.15, 0.2) is 41.0 Å². The summed E-state index contributed by atoms with van der Waals surface area (Å²) in [6.45, 7) is 1.09. The van der Waals surface area contributed by atoms with Gasteiger partial charge in [0.2, 0.25) is 0 Å². The molecule has 2 rings (SSSR count). The number of pyridine rings is 1. The molecule has 0 aliphatic carbocycles. The summed E-state index contributed by atoms with van der Waals surface area (Å²) in [5, 5.41) is 12.1. The highest BCUT2D eigenvalue weighted by Crippen LogP contribution is 2.23. The second-order valence-corrected chi connectivity index (χ2v) is 5.05. The minimum atomic E-state index is 0.331. The fraction of sp³-hybridized carbons (Fsp3) is 0.200. The molecule has 4 nitrogen and oxygen atoms in total. The number of nitrogens with zero attached hydrogens (tertiary/aromatic N) is 2. The molecule has 0 unspecified atom stereocenters. The molecule has 0 atom stereocenters. The molecule has 1 aromatic carbocycles. The van der Waals surface area contributed by atoms with Crippen molar-refractivity contribution in [1.82, 2.24) is 10.3 Å². The van der Waals surface area contributed by atoms with Crippen molar-refractivity contribution in [3.05, 3.63) is 57.8 Å². The Labute approximate surface area is 126 Å². The summed E-state index contributed by atoms with van der Waals surface area (Å²) in [7, 11) is 1.90. The number of nitriles is 1. The van der Waals surface area contributed by atoms with Crippen molar-refractivity contribution in [2.24, 2.45) is 0 Å². The van der Waals surface area contributed by atoms with Gasteiger partial charge in [-0.05, 0) is 36.9 Å². The summed E-state index contributed by atoms with van der Waals surface area (Å²) in [5.74, 6) is 0.770. The monoisotopic (exact) mass is 331 g/mol. The van der Waals surface area contributed by atoms with Crippen LogP contribution < -0.4 is 10.1 Å². The molecule has 20 heavy (non-hydrogen) atoms. The Kier molecular flexibility index (Phi) is 5.10. The zero-order chi connectivity index (χ0) is 14.4. The molecule has 5 heteroatoms. The highest BCUT2D eigenvalue weighted by atomic mass is 79.9. The average Bonchev–Trinajstić information content (AvgIpc) is 2.48. The SMILES string of the molecule is CNCc1cc(OCc2cccnc2C#N)ccc1Br. The summed E-state index contributed by atoms with van der Waals surface area (Å²) in [4.78, 5) is 4.01. The molecular weight excluding hydrogens is 318 g/mol. The zero-order valence-corrected chi connectivity index (χ0v) is 12.6. The van der Waals surface area contributed by atoms with Gasteiger partial charge in [0.1, 0.15) is 24.1 Å². The molecule has 102 valence electrons. The third-order valence-electron chi connectivity index (χ3n) is 2.78. The largest absolute Gasteiger partial charge is 0.489 e. The van der Waals surface area contributed by atoms with Crippen LogP contribution in [0.4, 0.5) is 0 Å². The van der Waals surface area contributed by atoms with E-state index in [4.69, 9.17) is 10.00 Å². The lowest BCUT2D eigenvalue weighted by atomic mass is 10.2. The number of ether oxygens (including phenoxy) is 1. The Morgan fingerprint density at radius 2 is 2.20 bits per heavy atom. The van der Waals surface area contributed by atoms with E-state index < -0.39 is 0 Å². The van der Waals surface area contributed by atoms with Gasteiger partial charge in [-0.3, -0.25) is 0 Å². The van der Waals surface area contributed by atoms with Gasteiger partial charge in [0.25, 0.3) is 0 Å². The van der Waals surface area contributed by atoms with Crippen molar-refractivity contribution in [2.45, 2.75) is 13.2 Å². The highest BCUT2D eigenvalue weighted by Gasteiger charge is 2.05. The molecule has 0 radical (unpaired) electrons. The topological polar surface area (TPSA) is 57.9 Å². The van der Waals surface area contributed by atoms with E-state index in [9.17, 15) is 0 Å². The van der Waals surface area contributed by atoms with Gasteiger partial charge < -0.3 is 10.1 Å². The van der Waals surface area contributed by atoms with Crippen LogP contribution >= 0.6 is 15.9 Å². The highest BCUT2D eigenvalue weighted by molar-refractivity contribution is 9.10. The van der Waals surface area contributed by atoms with Gasteiger partial charge in [0.15, 0.2) is 0 Å². The third kappa shape index (κ3) is 3.56. The molecular formula is C15H14BrN3O. The molecule has 1 aromatic heterocycles. The first-order valence-corrected chi connectivity index (χ1v) is 6.93. The van der Waals surface area contributed by atoms with E-state index in [1.54, 1.807) is 12.3 Å². The summed E-state index contributed by atoms with van der Waals surface area (Å²) in [6.07, 6.45) is 1.60. The summed E-state index contributed by atoms with van der Waals surface area (Å²) < 4.78 is 6.78. The van der Waals surface area contributed by atoms with Gasteiger partial charge in [-0.1, -0.05) is 22.0 Å². The van der Waals surface area contributed by atoms with Crippen LogP contribution in [0.2, 0.25) is 0 Å². The summed E-state index contributed by atoms with van der Waals surface area (Å²) in [5.41, 5.74) is 2.31. The Morgan fingerprint density at radius 1 is 1.35 bits per heavy atom. The number of aromatic nitrogens is 1. The van der Waals surface area contributed by atoms with Crippen molar-refractivity contribution < 1.29 is 4.74 Å². The maximum absolute atomic E-state index is 8.98. The number of rotatable bonds is 5. The predicted octanol–water partition coefficient (Wildman–Crippen LogP) is 3.01. The third-order valence-corrected chi connectivity index (χ3v) is 3.55. The summed E-state index contributed by atoms with van der Waals surface area (Å²) >= 11 is 3.50. The lowest BCUT2D eigenvalue weighted by molar-refractivity contribution is 0.305. The Balaban J connectivity index is 2.11. The molecule has 0 bridgehead atoms. The van der Waals surface area contributed by atoms with Gasteiger partial charge in [-0.2, -0.15) is 5.26 Å². The van der Waals surface area contributed by atoms with Crippen LogP contribution in [0.3, 0.4) is 0 Å². The molecule has 0 spiro atoms. The Morgan fingerprint density at radius 3 is 2.95 bits per heavy atom. The number of halogens is 1. The second-order valence-electron chi connectivity index (χ2n) is 4.20. The zero-order valence-electron chi connectivity index (χ0n) is 11.1. The molecule has 1 heterocycles. The van der Waals surface area contributed by atoms with Crippen LogP contribution in [0.25, 0.3) is 0 Å². The van der Waals surface area contributed by atoms with Gasteiger partial charge >= 0.3 is 0 Å². The van der Waals surface area contributed by atoms with Crippen molar-refractivity contribution in [3.63, 3.8) is 0 Å². The normalized spacial score (nSPS) is 10.1. The van der Waals surface area contributed by atoms with Crippen molar-refractivity contribution >= 4 is 15.9 Å². The fourth-order valence-electron chi connectivity index (χ4n) is 1.78. The van der Waals surface area contributed by atoms with E-state index in [0.717, 1.165) is 27.9 Å². The van der Waals surface area contributed by atoms with Gasteiger partial charge in [-0.15, -0.1) is 0 Å². The molecule has 0 aliphatic rings. The van der Waals surface area contributed by atoms with Crippen LogP contribution in [-0.2, 0) is 13.2 Å². The van der Waals surface area contributed by atoms with Crippen LogP contribution in [-0.4, -0.2) is 12.0 Å². The first kappa shape index (κ1) is 14.5. The second kappa shape index (κ2) is 7.04. The van der Waals surface area contributed by atoms with Crippen molar-refractivity contribution in [3.8, 4) is 11.8 Å². The Bertz CT molecular complexity index is 637. The minimum Gasteiger partial charge on any atom is -0.489 e.